The second kappa shape index (κ2) is 5.54. The molecule has 2 heteroatoms. The van der Waals surface area contributed by atoms with Crippen LogP contribution in [-0.4, -0.2) is 0 Å². The first-order valence-electron chi connectivity index (χ1n) is 6.60. The molecular weight excluding hydrogens is 250 g/mol. The molecule has 0 aliphatic heterocycles. The summed E-state index contributed by atoms with van der Waals surface area (Å²) in [5.74, 6) is 0.719. The summed E-state index contributed by atoms with van der Waals surface area (Å²) in [4.78, 5) is 1.22. The van der Waals surface area contributed by atoms with Crippen molar-refractivity contribution in [3.05, 3.63) is 66.7 Å². The highest BCUT2D eigenvalue weighted by Crippen LogP contribution is 2.41. The molecule has 96 valence electrons. The lowest BCUT2D eigenvalue weighted by molar-refractivity contribution is 1.15. The largest absolute Gasteiger partial charge is 0.326 e. The molecule has 2 aromatic rings. The van der Waals surface area contributed by atoms with Gasteiger partial charge in [-0.2, -0.15) is 0 Å². The van der Waals surface area contributed by atoms with Crippen LogP contribution in [0.1, 0.15) is 18.4 Å². The molecule has 0 spiro atoms. The highest BCUT2D eigenvalue weighted by molar-refractivity contribution is 8.00. The van der Waals surface area contributed by atoms with Crippen LogP contribution in [0, 0.1) is 5.92 Å². The van der Waals surface area contributed by atoms with Gasteiger partial charge in [0, 0.05) is 10.6 Å². The van der Waals surface area contributed by atoms with E-state index in [1.807, 2.05) is 6.07 Å². The normalized spacial score (nSPS) is 14.1. The summed E-state index contributed by atoms with van der Waals surface area (Å²) >= 11 is 1.64. The minimum atomic E-state index is 0.719. The third kappa shape index (κ3) is 3.21. The average molecular weight is 267 g/mol. The smallest absolute Gasteiger partial charge is 0.0449 e. The van der Waals surface area contributed by atoms with Gasteiger partial charge in [-0.25, -0.2) is 0 Å². The van der Waals surface area contributed by atoms with Gasteiger partial charge in [-0.15, -0.1) is 0 Å². The van der Waals surface area contributed by atoms with Gasteiger partial charge >= 0.3 is 0 Å². The summed E-state index contributed by atoms with van der Waals surface area (Å²) in [7, 11) is 0. The third-order valence-electron chi connectivity index (χ3n) is 3.33. The fraction of sp³-hybridized carbons (Fsp3) is 0.176. The zero-order chi connectivity index (χ0) is 13.1. The van der Waals surface area contributed by atoms with E-state index in [0.717, 1.165) is 11.6 Å². The molecular formula is C17H17NS. The molecule has 1 saturated carbocycles. The maximum absolute atomic E-state index is 4.21. The van der Waals surface area contributed by atoms with Crippen LogP contribution in [0.5, 0.6) is 0 Å². The van der Waals surface area contributed by atoms with Gasteiger partial charge < -0.3 is 4.72 Å². The number of hydrogen-bond donors (Lipinski definition) is 1. The zero-order valence-electron chi connectivity index (χ0n) is 10.8. The van der Waals surface area contributed by atoms with Gasteiger partial charge in [0.25, 0.3) is 0 Å². The summed E-state index contributed by atoms with van der Waals surface area (Å²) < 4.78 is 3.39. The Hall–Kier alpha value is -1.67. The Balaban J connectivity index is 1.67. The highest BCUT2D eigenvalue weighted by Gasteiger charge is 2.25. The van der Waals surface area contributed by atoms with Gasteiger partial charge in [0.1, 0.15) is 0 Å². The fourth-order valence-electron chi connectivity index (χ4n) is 2.06. The highest BCUT2D eigenvalue weighted by atomic mass is 32.2. The van der Waals surface area contributed by atoms with Crippen LogP contribution in [0.2, 0.25) is 0 Å². The Morgan fingerprint density at radius 3 is 2.58 bits per heavy atom. The Bertz CT molecular complexity index is 573. The molecule has 1 aliphatic carbocycles. The molecule has 19 heavy (non-hydrogen) atoms. The first-order valence-corrected chi connectivity index (χ1v) is 7.42. The second-order valence-electron chi connectivity index (χ2n) is 4.90. The molecule has 1 aliphatic rings. The van der Waals surface area contributed by atoms with Gasteiger partial charge in [-0.1, -0.05) is 36.9 Å². The molecule has 0 amide bonds. The molecule has 0 heterocycles. The predicted octanol–water partition coefficient (Wildman–Crippen LogP) is 5.23. The van der Waals surface area contributed by atoms with Crippen molar-refractivity contribution in [3.63, 3.8) is 0 Å². The molecule has 0 unspecified atom stereocenters. The number of anilines is 1. The SMILES string of the molecule is C=C(c1cccc(NSc2ccccc2)c1)C1CC1. The summed E-state index contributed by atoms with van der Waals surface area (Å²) in [5.41, 5.74) is 3.68. The van der Waals surface area contributed by atoms with Crippen LogP contribution in [-0.2, 0) is 0 Å². The second-order valence-corrected chi connectivity index (χ2v) is 5.78. The first-order chi connectivity index (χ1) is 9.33. The van der Waals surface area contributed by atoms with Crippen LogP contribution in [0.25, 0.3) is 5.57 Å². The predicted molar refractivity (Wildman–Crippen MR) is 84.1 cm³/mol. The molecule has 0 saturated heterocycles. The Kier molecular flexibility index (Phi) is 3.60. The Morgan fingerprint density at radius 2 is 1.84 bits per heavy atom. The van der Waals surface area contributed by atoms with Crippen molar-refractivity contribution in [1.82, 2.24) is 0 Å². The average Bonchev–Trinajstić information content (AvgIpc) is 3.30. The van der Waals surface area contributed by atoms with Crippen molar-refractivity contribution in [1.29, 1.82) is 0 Å². The summed E-state index contributed by atoms with van der Waals surface area (Å²) in [6.45, 7) is 4.21. The van der Waals surface area contributed by atoms with Gasteiger partial charge in [0.05, 0.1) is 0 Å². The number of rotatable bonds is 5. The maximum Gasteiger partial charge on any atom is 0.0449 e. The van der Waals surface area contributed by atoms with Crippen LogP contribution in [0.4, 0.5) is 5.69 Å². The molecule has 0 atom stereocenters. The van der Waals surface area contributed by atoms with Crippen LogP contribution < -0.4 is 4.72 Å². The van der Waals surface area contributed by atoms with Crippen molar-refractivity contribution in [3.8, 4) is 0 Å². The van der Waals surface area contributed by atoms with E-state index in [0.29, 0.717) is 0 Å². The fourth-order valence-corrected chi connectivity index (χ4v) is 2.71. The molecule has 0 bridgehead atoms. The van der Waals surface area contributed by atoms with Crippen molar-refractivity contribution < 1.29 is 0 Å². The minimum Gasteiger partial charge on any atom is -0.326 e. The number of allylic oxidation sites excluding steroid dienone is 1. The lowest BCUT2D eigenvalue weighted by Crippen LogP contribution is -1.90. The summed E-state index contributed by atoms with van der Waals surface area (Å²) in [6.07, 6.45) is 2.60. The Labute approximate surface area is 118 Å². The van der Waals surface area contributed by atoms with Crippen molar-refractivity contribution in [2.45, 2.75) is 17.7 Å². The van der Waals surface area contributed by atoms with E-state index in [-0.39, 0.29) is 0 Å². The number of benzene rings is 2. The standard InChI is InChI=1S/C17H17NS/c1-13(14-10-11-14)15-6-5-7-16(12-15)18-19-17-8-3-2-4-9-17/h2-9,12,14,18H,1,10-11H2. The van der Waals surface area contributed by atoms with Crippen LogP contribution >= 0.6 is 11.9 Å². The maximum atomic E-state index is 4.21. The van der Waals surface area contributed by atoms with E-state index in [9.17, 15) is 0 Å². The molecule has 1 nitrogen and oxygen atoms in total. The number of nitrogens with one attached hydrogen (secondary N) is 1. The molecule has 3 rings (SSSR count). The van der Waals surface area contributed by atoms with Gasteiger partial charge in [-0.3, -0.25) is 0 Å². The van der Waals surface area contributed by atoms with Crippen LogP contribution in [0.3, 0.4) is 0 Å². The van der Waals surface area contributed by atoms with Gasteiger partial charge in [0.2, 0.25) is 0 Å². The Morgan fingerprint density at radius 1 is 1.05 bits per heavy atom. The van der Waals surface area contributed by atoms with E-state index in [1.54, 1.807) is 11.9 Å². The topological polar surface area (TPSA) is 12.0 Å². The number of hydrogen-bond acceptors (Lipinski definition) is 2. The quantitative estimate of drug-likeness (QED) is 0.744. The van der Waals surface area contributed by atoms with Crippen molar-refractivity contribution >= 4 is 23.2 Å². The zero-order valence-corrected chi connectivity index (χ0v) is 11.6. The molecule has 1 N–H and O–H groups in total. The molecule has 2 aromatic carbocycles. The lowest BCUT2D eigenvalue weighted by Gasteiger charge is -2.09. The van der Waals surface area contributed by atoms with E-state index < -0.39 is 0 Å². The molecule has 0 aromatic heterocycles. The van der Waals surface area contributed by atoms with Gasteiger partial charge in [0.15, 0.2) is 0 Å². The third-order valence-corrected chi connectivity index (χ3v) is 4.18. The van der Waals surface area contributed by atoms with E-state index in [2.05, 4.69) is 59.8 Å². The summed E-state index contributed by atoms with van der Waals surface area (Å²) in [6, 6.07) is 18.9. The molecule has 1 fully saturated rings. The summed E-state index contributed by atoms with van der Waals surface area (Å²) in [5, 5.41) is 0. The molecule has 0 radical (unpaired) electrons. The minimum absolute atomic E-state index is 0.719. The monoisotopic (exact) mass is 267 g/mol. The first kappa shape index (κ1) is 12.4. The van der Waals surface area contributed by atoms with E-state index in [4.69, 9.17) is 0 Å². The van der Waals surface area contributed by atoms with E-state index >= 15 is 0 Å². The van der Waals surface area contributed by atoms with E-state index in [1.165, 1.54) is 28.9 Å². The van der Waals surface area contributed by atoms with Crippen molar-refractivity contribution in [2.24, 2.45) is 5.92 Å². The van der Waals surface area contributed by atoms with Crippen LogP contribution in [0.15, 0.2) is 66.1 Å². The lowest BCUT2D eigenvalue weighted by atomic mass is 10.0. The van der Waals surface area contributed by atoms with Gasteiger partial charge in [-0.05, 0) is 66.1 Å². The van der Waals surface area contributed by atoms with Crippen molar-refractivity contribution in [2.75, 3.05) is 4.72 Å².